The van der Waals surface area contributed by atoms with Crippen LogP contribution in [0, 0.1) is 0 Å². The first-order valence-corrected chi connectivity index (χ1v) is 7.50. The lowest BCUT2D eigenvalue weighted by Crippen LogP contribution is -2.30. The van der Waals surface area contributed by atoms with E-state index >= 15 is 0 Å². The standard InChI is InChI=1S/C13H15N5O3S/c1-7(22-13-16-12(14)17-18-13)11(19)15-5-8-2-3-9-10(4-8)21-6-20-9/h2-4,7H,5-6H2,1H3,(H,15,19)(H3,14,16,17,18). The van der Waals surface area contributed by atoms with Gasteiger partial charge in [-0.2, -0.15) is 4.98 Å². The van der Waals surface area contributed by atoms with Crippen molar-refractivity contribution in [3.05, 3.63) is 23.8 Å². The first-order chi connectivity index (χ1) is 10.6. The van der Waals surface area contributed by atoms with Crippen molar-refractivity contribution >= 4 is 23.6 Å². The van der Waals surface area contributed by atoms with Crippen molar-refractivity contribution in [2.75, 3.05) is 12.5 Å². The van der Waals surface area contributed by atoms with Gasteiger partial charge in [0, 0.05) is 6.54 Å². The van der Waals surface area contributed by atoms with Crippen LogP contribution < -0.4 is 20.5 Å². The van der Waals surface area contributed by atoms with Gasteiger partial charge in [0.25, 0.3) is 0 Å². The molecule has 22 heavy (non-hydrogen) atoms. The zero-order valence-corrected chi connectivity index (χ0v) is 12.6. The van der Waals surface area contributed by atoms with Crippen LogP contribution >= 0.6 is 11.8 Å². The number of aromatic nitrogens is 3. The predicted molar refractivity (Wildman–Crippen MR) is 80.5 cm³/mol. The zero-order chi connectivity index (χ0) is 15.5. The monoisotopic (exact) mass is 321 g/mol. The third kappa shape index (κ3) is 3.25. The molecule has 0 radical (unpaired) electrons. The molecule has 1 aromatic heterocycles. The number of anilines is 1. The van der Waals surface area contributed by atoms with E-state index in [0.29, 0.717) is 17.5 Å². The fraction of sp³-hybridized carbons (Fsp3) is 0.308. The molecule has 4 N–H and O–H groups in total. The van der Waals surface area contributed by atoms with Gasteiger partial charge < -0.3 is 20.5 Å². The molecule has 9 heteroatoms. The zero-order valence-electron chi connectivity index (χ0n) is 11.8. The van der Waals surface area contributed by atoms with Gasteiger partial charge in [-0.25, -0.2) is 5.10 Å². The quantitative estimate of drug-likeness (QED) is 0.701. The Hall–Kier alpha value is -2.42. The summed E-state index contributed by atoms with van der Waals surface area (Å²) in [6, 6.07) is 5.58. The van der Waals surface area contributed by atoms with Crippen molar-refractivity contribution in [1.29, 1.82) is 0 Å². The predicted octanol–water partition coefficient (Wildman–Crippen LogP) is 0.913. The summed E-state index contributed by atoms with van der Waals surface area (Å²) >= 11 is 1.24. The molecule has 3 rings (SSSR count). The number of benzene rings is 1. The highest BCUT2D eigenvalue weighted by molar-refractivity contribution is 8.00. The van der Waals surface area contributed by atoms with Gasteiger partial charge >= 0.3 is 0 Å². The number of fused-ring (bicyclic) bond motifs is 1. The normalized spacial score (nSPS) is 13.9. The molecular weight excluding hydrogens is 306 g/mol. The van der Waals surface area contributed by atoms with E-state index in [-0.39, 0.29) is 23.9 Å². The summed E-state index contributed by atoms with van der Waals surface area (Å²) < 4.78 is 10.5. The van der Waals surface area contributed by atoms with E-state index in [4.69, 9.17) is 15.2 Å². The van der Waals surface area contributed by atoms with Gasteiger partial charge in [-0.05, 0) is 24.6 Å². The lowest BCUT2D eigenvalue weighted by Gasteiger charge is -2.10. The van der Waals surface area contributed by atoms with Gasteiger partial charge in [0.15, 0.2) is 11.5 Å². The third-order valence-electron chi connectivity index (χ3n) is 3.04. The van der Waals surface area contributed by atoms with Crippen LogP contribution in [0.3, 0.4) is 0 Å². The van der Waals surface area contributed by atoms with E-state index in [1.165, 1.54) is 11.8 Å². The van der Waals surface area contributed by atoms with Gasteiger partial charge in [-0.1, -0.05) is 17.8 Å². The number of ether oxygens (including phenoxy) is 2. The molecule has 0 fully saturated rings. The van der Waals surface area contributed by atoms with Crippen molar-refractivity contribution in [2.24, 2.45) is 0 Å². The minimum Gasteiger partial charge on any atom is -0.454 e. The van der Waals surface area contributed by atoms with Crippen LogP contribution in [0.2, 0.25) is 0 Å². The van der Waals surface area contributed by atoms with Crippen molar-refractivity contribution < 1.29 is 14.3 Å². The highest BCUT2D eigenvalue weighted by Crippen LogP contribution is 2.32. The van der Waals surface area contributed by atoms with Crippen LogP contribution in [0.1, 0.15) is 12.5 Å². The smallest absolute Gasteiger partial charge is 0.233 e. The molecular formula is C13H15N5O3S. The van der Waals surface area contributed by atoms with Gasteiger partial charge in [-0.15, -0.1) is 5.10 Å². The van der Waals surface area contributed by atoms with Crippen molar-refractivity contribution in [2.45, 2.75) is 23.9 Å². The van der Waals surface area contributed by atoms with E-state index in [0.717, 1.165) is 11.3 Å². The van der Waals surface area contributed by atoms with Crippen LogP contribution in [-0.2, 0) is 11.3 Å². The van der Waals surface area contributed by atoms with Crippen molar-refractivity contribution in [1.82, 2.24) is 20.5 Å². The highest BCUT2D eigenvalue weighted by Gasteiger charge is 2.17. The molecule has 0 spiro atoms. The van der Waals surface area contributed by atoms with E-state index in [9.17, 15) is 4.79 Å². The molecule has 0 saturated carbocycles. The third-order valence-corrected chi connectivity index (χ3v) is 4.00. The fourth-order valence-electron chi connectivity index (χ4n) is 1.91. The number of amides is 1. The minimum atomic E-state index is -0.329. The maximum Gasteiger partial charge on any atom is 0.233 e. The Kier molecular flexibility index (Phi) is 4.05. The maximum atomic E-state index is 12.1. The van der Waals surface area contributed by atoms with E-state index < -0.39 is 0 Å². The summed E-state index contributed by atoms with van der Waals surface area (Å²) in [7, 11) is 0. The molecule has 1 aromatic carbocycles. The molecule has 0 aliphatic carbocycles. The molecule has 8 nitrogen and oxygen atoms in total. The summed E-state index contributed by atoms with van der Waals surface area (Å²) in [6.45, 7) is 2.43. The average Bonchev–Trinajstić information content (AvgIpc) is 3.12. The minimum absolute atomic E-state index is 0.106. The van der Waals surface area contributed by atoms with Crippen LogP contribution in [0.25, 0.3) is 0 Å². The molecule has 1 aliphatic heterocycles. The average molecular weight is 321 g/mol. The van der Waals surface area contributed by atoms with Crippen LogP contribution in [0.15, 0.2) is 23.4 Å². The Morgan fingerprint density at radius 2 is 2.32 bits per heavy atom. The van der Waals surface area contributed by atoms with Crippen molar-refractivity contribution in [3.63, 3.8) is 0 Å². The second kappa shape index (κ2) is 6.14. The number of hydrogen-bond donors (Lipinski definition) is 3. The number of carbonyl (C=O) groups excluding carboxylic acids is 1. The number of H-pyrrole nitrogens is 1. The molecule has 1 amide bonds. The summed E-state index contributed by atoms with van der Waals surface area (Å²) in [5.74, 6) is 1.55. The van der Waals surface area contributed by atoms with E-state index in [1.807, 2.05) is 18.2 Å². The number of nitrogen functional groups attached to an aromatic ring is 1. The topological polar surface area (TPSA) is 115 Å². The lowest BCUT2D eigenvalue weighted by molar-refractivity contribution is -0.120. The molecule has 2 heterocycles. The number of thioether (sulfide) groups is 1. The second-order valence-corrected chi connectivity index (χ2v) is 5.98. The summed E-state index contributed by atoms with van der Waals surface area (Å²) in [6.07, 6.45) is 0. The Bertz CT molecular complexity index is 690. The molecule has 1 aliphatic rings. The van der Waals surface area contributed by atoms with Gasteiger partial charge in [0.05, 0.1) is 5.25 Å². The maximum absolute atomic E-state index is 12.1. The number of hydrogen-bond acceptors (Lipinski definition) is 7. The fourth-order valence-corrected chi connectivity index (χ4v) is 2.66. The summed E-state index contributed by atoms with van der Waals surface area (Å²) in [4.78, 5) is 16.0. The number of aromatic amines is 1. The molecule has 2 aromatic rings. The molecule has 1 atom stereocenters. The number of nitrogens with one attached hydrogen (secondary N) is 2. The largest absolute Gasteiger partial charge is 0.454 e. The second-order valence-electron chi connectivity index (χ2n) is 4.67. The molecule has 116 valence electrons. The number of rotatable bonds is 5. The lowest BCUT2D eigenvalue weighted by atomic mass is 10.2. The molecule has 0 saturated heterocycles. The Morgan fingerprint density at radius 3 is 3.09 bits per heavy atom. The van der Waals surface area contributed by atoms with Gasteiger partial charge in [0.2, 0.25) is 23.8 Å². The number of nitrogens with two attached hydrogens (primary N) is 1. The van der Waals surface area contributed by atoms with Gasteiger partial charge in [0.1, 0.15) is 0 Å². The van der Waals surface area contributed by atoms with E-state index in [1.54, 1.807) is 6.92 Å². The van der Waals surface area contributed by atoms with Crippen molar-refractivity contribution in [3.8, 4) is 11.5 Å². The number of nitrogens with zero attached hydrogens (tertiary/aromatic N) is 2. The Balaban J connectivity index is 1.53. The Labute approximate surface area is 130 Å². The van der Waals surface area contributed by atoms with Crippen LogP contribution in [0.4, 0.5) is 5.95 Å². The number of carbonyl (C=O) groups is 1. The summed E-state index contributed by atoms with van der Waals surface area (Å²) in [5, 5.41) is 9.40. The summed E-state index contributed by atoms with van der Waals surface area (Å²) in [5.41, 5.74) is 6.39. The Morgan fingerprint density at radius 1 is 1.50 bits per heavy atom. The van der Waals surface area contributed by atoms with Crippen LogP contribution in [-0.4, -0.2) is 33.1 Å². The molecule has 0 bridgehead atoms. The SMILES string of the molecule is CC(Sc1n[nH]c(N)n1)C(=O)NCc1ccc2c(c1)OCO2. The van der Waals surface area contributed by atoms with E-state index in [2.05, 4.69) is 20.5 Å². The first kappa shape index (κ1) is 14.5. The first-order valence-electron chi connectivity index (χ1n) is 6.62. The molecule has 1 unspecified atom stereocenters. The van der Waals surface area contributed by atoms with Crippen LogP contribution in [0.5, 0.6) is 11.5 Å². The van der Waals surface area contributed by atoms with Gasteiger partial charge in [-0.3, -0.25) is 4.79 Å². The highest BCUT2D eigenvalue weighted by atomic mass is 32.2.